The summed E-state index contributed by atoms with van der Waals surface area (Å²) in [4.78, 5) is 57.8. The highest BCUT2D eigenvalue weighted by Gasteiger charge is 2.48. The molecule has 0 aliphatic heterocycles. The molecule has 5 amide bonds. The summed E-state index contributed by atoms with van der Waals surface area (Å²) in [6.07, 6.45) is -0.242. The van der Waals surface area contributed by atoms with Crippen LogP contribution in [0.4, 0.5) is 9.59 Å². The lowest BCUT2D eigenvalue weighted by Gasteiger charge is -2.40. The number of urea groups is 1. The lowest BCUT2D eigenvalue weighted by molar-refractivity contribution is -0.141. The number of imide groups is 1. The number of halogens is 3. The Bertz CT molecular complexity index is 1570. The van der Waals surface area contributed by atoms with Crippen molar-refractivity contribution in [2.45, 2.75) is 65.1 Å². The minimum Gasteiger partial charge on any atom is -0.445 e. The van der Waals surface area contributed by atoms with Gasteiger partial charge in [0.2, 0.25) is 5.91 Å². The number of hydrogen-bond acceptors (Lipinski definition) is 5. The summed E-state index contributed by atoms with van der Waals surface area (Å²) < 4.78 is 5.34. The van der Waals surface area contributed by atoms with E-state index in [4.69, 9.17) is 45.3 Å². The first kappa shape index (κ1) is 33.4. The molecule has 5 N–H and O–H groups in total. The molecule has 1 aliphatic rings. The first-order chi connectivity index (χ1) is 20.7. The largest absolute Gasteiger partial charge is 0.445 e. The number of nitrogens with zero attached hydrogens (tertiary/aromatic N) is 1. The molecule has 2 unspecified atom stereocenters. The van der Waals surface area contributed by atoms with Gasteiger partial charge in [0.25, 0.3) is 5.91 Å². The second kappa shape index (κ2) is 13.7. The highest BCUT2D eigenvalue weighted by Crippen LogP contribution is 2.39. The number of H-pyrrole nitrogens is 1. The third kappa shape index (κ3) is 7.42. The fraction of sp³-hybridized carbons (Fsp3) is 0.419. The predicted molar refractivity (Wildman–Crippen MR) is 171 cm³/mol. The highest BCUT2D eigenvalue weighted by molar-refractivity contribution is 6.38. The van der Waals surface area contributed by atoms with Gasteiger partial charge in [-0.3, -0.25) is 14.5 Å². The lowest BCUT2D eigenvalue weighted by Crippen LogP contribution is -2.66. The number of alkyl carbamates (subject to hydrolysis) is 1. The number of carbonyl (C=O) groups excluding carboxylic acids is 4. The second-order valence-corrected chi connectivity index (χ2v) is 13.1. The summed E-state index contributed by atoms with van der Waals surface area (Å²) in [6, 6.07) is 8.20. The maximum Gasteiger partial charge on any atom is 0.408 e. The van der Waals surface area contributed by atoms with Gasteiger partial charge in [-0.1, -0.05) is 74.6 Å². The van der Waals surface area contributed by atoms with Crippen molar-refractivity contribution in [3.63, 3.8) is 0 Å². The number of hydrogen-bond donors (Lipinski definition) is 4. The summed E-state index contributed by atoms with van der Waals surface area (Å²) in [5, 5.41) is 7.65. The van der Waals surface area contributed by atoms with E-state index in [-0.39, 0.29) is 37.8 Å². The fourth-order valence-electron chi connectivity index (χ4n) is 5.46. The average molecular weight is 665 g/mol. The topological polar surface area (TPSA) is 147 Å². The number of nitrogens with two attached hydrogens (primary N) is 1. The summed E-state index contributed by atoms with van der Waals surface area (Å²) >= 11 is 18.7. The Morgan fingerprint density at radius 3 is 2.34 bits per heavy atom. The normalized spacial score (nSPS) is 16.8. The molecular weight excluding hydrogens is 629 g/mol. The number of amides is 5. The summed E-state index contributed by atoms with van der Waals surface area (Å²) in [5.41, 5.74) is 7.10. The molecule has 1 heterocycles. The van der Waals surface area contributed by atoms with Crippen LogP contribution in [0.1, 0.15) is 50.9 Å². The molecule has 4 rings (SSSR count). The van der Waals surface area contributed by atoms with E-state index in [9.17, 15) is 19.2 Å². The van der Waals surface area contributed by atoms with Crippen LogP contribution in [0.15, 0.2) is 36.4 Å². The molecule has 0 saturated heterocycles. The average Bonchev–Trinajstić information content (AvgIpc) is 3.31. The van der Waals surface area contributed by atoms with Gasteiger partial charge >= 0.3 is 12.1 Å². The van der Waals surface area contributed by atoms with Gasteiger partial charge in [0, 0.05) is 34.1 Å². The Labute approximate surface area is 270 Å². The molecule has 1 aliphatic carbocycles. The SMILES string of the molecule is CC(C)CN(C(N)=O)C(=O)C1(NC(=O)C(NC(=O)OCc2ccc(Cl)cc2)C(C)C)CCc2[nH]c3c(Cl)cc(Cl)cc3c2C1. The molecule has 2 aromatic carbocycles. The number of aromatic amines is 1. The standard InChI is InChI=1S/C31H36Cl3N5O5/c1-16(2)14-39(29(35)42)28(41)31(10-9-24-22(13-31)21-11-20(33)12-23(34)26(21)36-24)38-27(40)25(17(3)4)37-30(43)44-15-18-5-7-19(32)8-6-18/h5-8,11-12,16-17,25,36H,9-10,13-15H2,1-4H3,(H2,35,42)(H,37,43)(H,38,40). The zero-order valence-electron chi connectivity index (χ0n) is 24.9. The van der Waals surface area contributed by atoms with Crippen molar-refractivity contribution >= 4 is 69.6 Å². The summed E-state index contributed by atoms with van der Waals surface area (Å²) in [7, 11) is 0. The summed E-state index contributed by atoms with van der Waals surface area (Å²) in [6.45, 7) is 7.25. The highest BCUT2D eigenvalue weighted by atomic mass is 35.5. The minimum atomic E-state index is -1.56. The maximum absolute atomic E-state index is 14.3. The van der Waals surface area contributed by atoms with Crippen LogP contribution in [0.25, 0.3) is 10.9 Å². The number of nitrogens with one attached hydrogen (secondary N) is 3. The number of aryl methyl sites for hydroxylation is 1. The molecule has 0 saturated carbocycles. The zero-order chi connectivity index (χ0) is 32.3. The van der Waals surface area contributed by atoms with E-state index in [1.165, 1.54) is 0 Å². The van der Waals surface area contributed by atoms with Crippen molar-refractivity contribution < 1.29 is 23.9 Å². The molecule has 44 heavy (non-hydrogen) atoms. The van der Waals surface area contributed by atoms with Gasteiger partial charge in [0.1, 0.15) is 18.2 Å². The van der Waals surface area contributed by atoms with E-state index in [2.05, 4.69) is 15.6 Å². The first-order valence-corrected chi connectivity index (χ1v) is 15.4. The molecule has 0 fully saturated rings. The molecule has 3 aromatic rings. The maximum atomic E-state index is 14.3. The van der Waals surface area contributed by atoms with E-state index in [1.54, 1.807) is 50.2 Å². The quantitative estimate of drug-likeness (QED) is 0.222. The number of fused-ring (bicyclic) bond motifs is 3. The van der Waals surface area contributed by atoms with Crippen molar-refractivity contribution in [1.82, 2.24) is 20.5 Å². The van der Waals surface area contributed by atoms with Crippen molar-refractivity contribution in [2.24, 2.45) is 17.6 Å². The Morgan fingerprint density at radius 1 is 1.05 bits per heavy atom. The van der Waals surface area contributed by atoms with Gasteiger partial charge in [-0.25, -0.2) is 9.59 Å². The number of primary amides is 1. The van der Waals surface area contributed by atoms with E-state index in [0.29, 0.717) is 38.0 Å². The van der Waals surface area contributed by atoms with Crippen LogP contribution in [0.5, 0.6) is 0 Å². The monoisotopic (exact) mass is 663 g/mol. The van der Waals surface area contributed by atoms with Gasteiger partial charge in [-0.15, -0.1) is 0 Å². The van der Waals surface area contributed by atoms with Gasteiger partial charge in [-0.2, -0.15) is 0 Å². The Morgan fingerprint density at radius 2 is 1.73 bits per heavy atom. The molecule has 13 heteroatoms. The molecular formula is C31H36Cl3N5O5. The number of benzene rings is 2. The number of carbonyl (C=O) groups is 4. The Kier molecular flexibility index (Phi) is 10.4. The van der Waals surface area contributed by atoms with Crippen LogP contribution < -0.4 is 16.4 Å². The Hall–Kier alpha value is -3.47. The van der Waals surface area contributed by atoms with Crippen molar-refractivity contribution in [3.8, 4) is 0 Å². The van der Waals surface area contributed by atoms with Crippen LogP contribution in [0, 0.1) is 11.8 Å². The molecule has 0 radical (unpaired) electrons. The third-order valence-corrected chi connectivity index (χ3v) is 8.41. The van der Waals surface area contributed by atoms with E-state index in [0.717, 1.165) is 16.2 Å². The van der Waals surface area contributed by atoms with Crippen molar-refractivity contribution in [3.05, 3.63) is 68.3 Å². The van der Waals surface area contributed by atoms with E-state index >= 15 is 0 Å². The van der Waals surface area contributed by atoms with Crippen LogP contribution in [0.2, 0.25) is 15.1 Å². The van der Waals surface area contributed by atoms with E-state index < -0.39 is 35.5 Å². The Balaban J connectivity index is 1.65. The van der Waals surface area contributed by atoms with Gasteiger partial charge < -0.3 is 26.1 Å². The zero-order valence-corrected chi connectivity index (χ0v) is 27.2. The number of ether oxygens (including phenoxy) is 1. The predicted octanol–water partition coefficient (Wildman–Crippen LogP) is 5.99. The van der Waals surface area contributed by atoms with E-state index in [1.807, 2.05) is 13.8 Å². The van der Waals surface area contributed by atoms with Crippen LogP contribution in [-0.4, -0.2) is 51.9 Å². The van der Waals surface area contributed by atoms with Crippen LogP contribution in [-0.2, 0) is 33.8 Å². The van der Waals surface area contributed by atoms with Gasteiger partial charge in [0.05, 0.1) is 10.5 Å². The number of rotatable bonds is 9. The second-order valence-electron chi connectivity index (χ2n) is 11.9. The van der Waals surface area contributed by atoms with Crippen LogP contribution >= 0.6 is 34.8 Å². The summed E-state index contributed by atoms with van der Waals surface area (Å²) in [5.74, 6) is -1.69. The molecule has 2 atom stereocenters. The minimum absolute atomic E-state index is 0.0326. The lowest BCUT2D eigenvalue weighted by atomic mass is 9.78. The van der Waals surface area contributed by atoms with Gasteiger partial charge in [0.15, 0.2) is 0 Å². The molecule has 1 aromatic heterocycles. The van der Waals surface area contributed by atoms with Crippen molar-refractivity contribution in [1.29, 1.82) is 0 Å². The third-order valence-electron chi connectivity index (χ3n) is 7.64. The molecule has 0 bridgehead atoms. The van der Waals surface area contributed by atoms with Gasteiger partial charge in [-0.05, 0) is 60.1 Å². The molecule has 236 valence electrons. The molecule has 10 nitrogen and oxygen atoms in total. The molecule has 0 spiro atoms. The smallest absolute Gasteiger partial charge is 0.408 e. The number of aromatic nitrogens is 1. The van der Waals surface area contributed by atoms with Crippen LogP contribution in [0.3, 0.4) is 0 Å². The first-order valence-electron chi connectivity index (χ1n) is 14.3. The van der Waals surface area contributed by atoms with Crippen molar-refractivity contribution in [2.75, 3.05) is 6.54 Å². The fourth-order valence-corrected chi connectivity index (χ4v) is 6.12.